The molecule has 1 heterocycles. The van der Waals surface area contributed by atoms with Crippen LogP contribution in [0.4, 0.5) is 11.4 Å². The number of nitro benzene ring substituents is 1. The third-order valence-electron chi connectivity index (χ3n) is 4.90. The van der Waals surface area contributed by atoms with Crippen LogP contribution in [0.3, 0.4) is 0 Å². The summed E-state index contributed by atoms with van der Waals surface area (Å²) in [6, 6.07) is 15.2. The highest BCUT2D eigenvalue weighted by molar-refractivity contribution is 6.36. The molecule has 2 aromatic rings. The molecular formula is C22H23N3O4. The predicted molar refractivity (Wildman–Crippen MR) is 111 cm³/mol. The summed E-state index contributed by atoms with van der Waals surface area (Å²) in [6.45, 7) is 4.76. The van der Waals surface area contributed by atoms with Gasteiger partial charge in [-0.3, -0.25) is 24.6 Å². The van der Waals surface area contributed by atoms with Crippen molar-refractivity contribution in [1.29, 1.82) is 0 Å². The smallest absolute Gasteiger partial charge is 0.278 e. The number of carbonyl (C=O) groups excluding carboxylic acids is 2. The highest BCUT2D eigenvalue weighted by atomic mass is 16.6. The summed E-state index contributed by atoms with van der Waals surface area (Å²) in [5.74, 6) is -0.691. The maximum Gasteiger partial charge on any atom is 0.278 e. The Kier molecular flexibility index (Phi) is 6.07. The van der Waals surface area contributed by atoms with Gasteiger partial charge in [-0.2, -0.15) is 0 Å². The molecular weight excluding hydrogens is 370 g/mol. The Morgan fingerprint density at radius 3 is 2.17 bits per heavy atom. The van der Waals surface area contributed by atoms with Crippen LogP contribution in [0.1, 0.15) is 32.3 Å². The van der Waals surface area contributed by atoms with E-state index in [0.29, 0.717) is 24.4 Å². The summed E-state index contributed by atoms with van der Waals surface area (Å²) in [4.78, 5) is 40.0. The number of hydrogen-bond donors (Lipinski definition) is 0. The van der Waals surface area contributed by atoms with Crippen molar-refractivity contribution >= 4 is 28.8 Å². The molecule has 0 fully saturated rings. The number of rotatable bonds is 8. The average Bonchev–Trinajstić information content (AvgIpc) is 2.98. The van der Waals surface area contributed by atoms with Crippen molar-refractivity contribution in [3.8, 4) is 0 Å². The van der Waals surface area contributed by atoms with Crippen molar-refractivity contribution in [2.75, 3.05) is 18.0 Å². The zero-order valence-electron chi connectivity index (χ0n) is 16.5. The number of unbranched alkanes of at least 4 members (excludes halogenated alkanes) is 1. The number of amides is 2. The third-order valence-corrected chi connectivity index (χ3v) is 4.90. The van der Waals surface area contributed by atoms with Crippen LogP contribution in [-0.4, -0.2) is 34.7 Å². The van der Waals surface area contributed by atoms with Gasteiger partial charge in [0.05, 0.1) is 10.5 Å². The molecule has 0 bridgehead atoms. The highest BCUT2D eigenvalue weighted by Crippen LogP contribution is 2.34. The van der Waals surface area contributed by atoms with E-state index < -0.39 is 4.92 Å². The van der Waals surface area contributed by atoms with Crippen LogP contribution in [0.5, 0.6) is 0 Å². The van der Waals surface area contributed by atoms with Crippen LogP contribution >= 0.6 is 0 Å². The molecule has 0 aliphatic carbocycles. The molecule has 0 spiro atoms. The molecule has 29 heavy (non-hydrogen) atoms. The zero-order valence-corrected chi connectivity index (χ0v) is 16.5. The minimum atomic E-state index is -0.490. The highest BCUT2D eigenvalue weighted by Gasteiger charge is 2.41. The van der Waals surface area contributed by atoms with E-state index >= 15 is 0 Å². The zero-order chi connectivity index (χ0) is 21.0. The van der Waals surface area contributed by atoms with E-state index in [-0.39, 0.29) is 23.1 Å². The number of nitrogens with zero attached hydrogens (tertiary/aromatic N) is 3. The number of non-ortho nitro benzene ring substituents is 1. The Bertz CT molecular complexity index is 952. The molecule has 0 saturated carbocycles. The number of para-hydroxylation sites is 1. The molecule has 7 heteroatoms. The van der Waals surface area contributed by atoms with Crippen LogP contribution in [0.2, 0.25) is 0 Å². The summed E-state index contributed by atoms with van der Waals surface area (Å²) in [5, 5.41) is 11.0. The monoisotopic (exact) mass is 393 g/mol. The van der Waals surface area contributed by atoms with Gasteiger partial charge in [0.25, 0.3) is 17.5 Å². The Morgan fingerprint density at radius 2 is 1.62 bits per heavy atom. The quantitative estimate of drug-likeness (QED) is 0.384. The maximum absolute atomic E-state index is 13.3. The van der Waals surface area contributed by atoms with E-state index in [1.807, 2.05) is 49.1 Å². The first kappa shape index (κ1) is 20.3. The second-order valence-corrected chi connectivity index (χ2v) is 6.72. The van der Waals surface area contributed by atoms with Gasteiger partial charge in [0.1, 0.15) is 5.70 Å². The van der Waals surface area contributed by atoms with E-state index in [1.165, 1.54) is 29.2 Å². The number of carbonyl (C=O) groups is 2. The van der Waals surface area contributed by atoms with Gasteiger partial charge >= 0.3 is 0 Å². The van der Waals surface area contributed by atoms with Gasteiger partial charge in [0, 0.05) is 30.9 Å². The van der Waals surface area contributed by atoms with E-state index in [0.717, 1.165) is 18.5 Å². The molecule has 2 amide bonds. The lowest BCUT2D eigenvalue weighted by molar-refractivity contribution is -0.384. The largest absolute Gasteiger partial charge is 0.337 e. The minimum absolute atomic E-state index is 0.0640. The lowest BCUT2D eigenvalue weighted by atomic mass is 10.0. The Hall–Kier alpha value is -3.48. The number of benzene rings is 2. The lowest BCUT2D eigenvalue weighted by Crippen LogP contribution is -2.36. The number of anilines is 1. The topological polar surface area (TPSA) is 83.8 Å². The first-order valence-electron chi connectivity index (χ1n) is 9.67. The molecule has 2 aromatic carbocycles. The molecule has 0 aromatic heterocycles. The minimum Gasteiger partial charge on any atom is -0.337 e. The number of hydrogen-bond acceptors (Lipinski definition) is 5. The van der Waals surface area contributed by atoms with Crippen molar-refractivity contribution in [2.45, 2.75) is 26.7 Å². The van der Waals surface area contributed by atoms with Crippen LogP contribution in [0.25, 0.3) is 5.57 Å². The first-order chi connectivity index (χ1) is 14.0. The second-order valence-electron chi connectivity index (χ2n) is 6.72. The molecule has 3 rings (SSSR count). The van der Waals surface area contributed by atoms with E-state index in [9.17, 15) is 19.7 Å². The Balaban J connectivity index is 2.14. The molecule has 0 atom stereocenters. The fraction of sp³-hybridized carbons (Fsp3) is 0.273. The lowest BCUT2D eigenvalue weighted by Gasteiger charge is -2.24. The van der Waals surface area contributed by atoms with E-state index in [1.54, 1.807) is 0 Å². The number of imide groups is 1. The van der Waals surface area contributed by atoms with Crippen molar-refractivity contribution in [3.63, 3.8) is 0 Å². The summed E-state index contributed by atoms with van der Waals surface area (Å²) >= 11 is 0. The number of likely N-dealkylation sites (N-methyl/N-ethyl adjacent to an activating group) is 1. The predicted octanol–water partition coefficient (Wildman–Crippen LogP) is 4.00. The molecule has 1 aliphatic rings. The normalized spacial score (nSPS) is 13.9. The standard InChI is InChI=1S/C22H23N3O4/c1-3-5-15-24-21(26)19(16-11-13-18(14-12-16)25(28)29)20(22(24)27)23(4-2)17-9-7-6-8-10-17/h6-14H,3-5,15H2,1-2H3. The molecule has 7 nitrogen and oxygen atoms in total. The van der Waals surface area contributed by atoms with E-state index in [4.69, 9.17) is 0 Å². The molecule has 0 N–H and O–H groups in total. The fourth-order valence-corrected chi connectivity index (χ4v) is 3.42. The van der Waals surface area contributed by atoms with Crippen molar-refractivity contribution in [3.05, 3.63) is 76.0 Å². The van der Waals surface area contributed by atoms with Gasteiger partial charge in [-0.05, 0) is 43.2 Å². The van der Waals surface area contributed by atoms with Gasteiger partial charge in [0.15, 0.2) is 0 Å². The van der Waals surface area contributed by atoms with Crippen LogP contribution in [0.15, 0.2) is 60.3 Å². The van der Waals surface area contributed by atoms with Gasteiger partial charge in [-0.1, -0.05) is 31.5 Å². The van der Waals surface area contributed by atoms with Crippen LogP contribution in [0, 0.1) is 10.1 Å². The summed E-state index contributed by atoms with van der Waals surface area (Å²) in [7, 11) is 0. The van der Waals surface area contributed by atoms with Crippen molar-refractivity contribution in [1.82, 2.24) is 4.90 Å². The molecule has 0 radical (unpaired) electrons. The van der Waals surface area contributed by atoms with Crippen LogP contribution < -0.4 is 4.90 Å². The second kappa shape index (κ2) is 8.68. The Morgan fingerprint density at radius 1 is 0.966 bits per heavy atom. The third kappa shape index (κ3) is 3.89. The van der Waals surface area contributed by atoms with E-state index in [2.05, 4.69) is 0 Å². The van der Waals surface area contributed by atoms with Crippen molar-refractivity contribution in [2.24, 2.45) is 0 Å². The van der Waals surface area contributed by atoms with Gasteiger partial charge in [-0.15, -0.1) is 0 Å². The molecule has 0 saturated heterocycles. The fourth-order valence-electron chi connectivity index (χ4n) is 3.42. The maximum atomic E-state index is 13.3. The molecule has 1 aliphatic heterocycles. The SMILES string of the molecule is CCCCN1C(=O)C(c2ccc([N+](=O)[O-])cc2)=C(N(CC)c2ccccc2)C1=O. The summed E-state index contributed by atoms with van der Waals surface area (Å²) < 4.78 is 0. The van der Waals surface area contributed by atoms with Gasteiger partial charge in [-0.25, -0.2) is 0 Å². The average molecular weight is 393 g/mol. The van der Waals surface area contributed by atoms with Crippen LogP contribution in [-0.2, 0) is 9.59 Å². The van der Waals surface area contributed by atoms with Gasteiger partial charge < -0.3 is 4.90 Å². The molecule has 150 valence electrons. The molecule has 0 unspecified atom stereocenters. The first-order valence-corrected chi connectivity index (χ1v) is 9.67. The Labute approximate surface area is 169 Å². The summed E-state index contributed by atoms with van der Waals surface area (Å²) in [5.41, 5.74) is 1.84. The van der Waals surface area contributed by atoms with Gasteiger partial charge in [0.2, 0.25) is 0 Å². The summed E-state index contributed by atoms with van der Waals surface area (Å²) in [6.07, 6.45) is 1.57. The van der Waals surface area contributed by atoms with Crippen molar-refractivity contribution < 1.29 is 14.5 Å². The number of nitro groups is 1.